The third-order valence-corrected chi connectivity index (χ3v) is 8.67. The molecule has 2 aliphatic heterocycles. The van der Waals surface area contributed by atoms with Crippen molar-refractivity contribution in [3.8, 4) is 0 Å². The molecule has 2 rings (SSSR count). The van der Waals surface area contributed by atoms with Gasteiger partial charge in [-0.3, -0.25) is 13.8 Å². The van der Waals surface area contributed by atoms with E-state index in [-0.39, 0.29) is 37.9 Å². The summed E-state index contributed by atoms with van der Waals surface area (Å²) in [6, 6.07) is 0. The zero-order valence-electron chi connectivity index (χ0n) is 30.6. The first-order valence-corrected chi connectivity index (χ1v) is 18.7. The minimum Gasteiger partial charge on any atom is -0.466 e. The molecular weight excluding hydrogens is 648 g/mol. The van der Waals surface area contributed by atoms with Gasteiger partial charge in [-0.2, -0.15) is 8.42 Å². The van der Waals surface area contributed by atoms with Gasteiger partial charge in [0.25, 0.3) is 10.1 Å². The molecule has 48 heavy (non-hydrogen) atoms. The van der Waals surface area contributed by atoms with Gasteiger partial charge in [-0.05, 0) is 107 Å². The van der Waals surface area contributed by atoms with Crippen LogP contribution in [0.4, 0.5) is 9.59 Å². The SMILES string of the molecule is CCOC(=O)C1(CCCO)CCN(C(=O)OC(C)(C)C)CC1.CCOC(=O)C1(CCCOS(C)(=O)=O)CCN(C(=O)OC(C)(C)C)CC1. The smallest absolute Gasteiger partial charge is 0.410 e. The first-order chi connectivity index (χ1) is 22.1. The van der Waals surface area contributed by atoms with E-state index < -0.39 is 38.2 Å². The molecule has 0 unspecified atom stereocenters. The number of nitrogens with zero attached hydrogens (tertiary/aromatic N) is 2. The van der Waals surface area contributed by atoms with Gasteiger partial charge in [0.15, 0.2) is 0 Å². The number of hydrogen-bond acceptors (Lipinski definition) is 12. The van der Waals surface area contributed by atoms with Crippen molar-refractivity contribution in [2.75, 3.05) is 58.9 Å². The molecule has 0 aromatic heterocycles. The van der Waals surface area contributed by atoms with Crippen LogP contribution in [0.15, 0.2) is 0 Å². The lowest BCUT2D eigenvalue weighted by Crippen LogP contribution is -2.48. The molecule has 0 aromatic carbocycles. The number of piperidine rings is 2. The zero-order valence-corrected chi connectivity index (χ0v) is 31.4. The standard InChI is InChI=1S/C17H31NO7S.C16H29NO5/c1-6-23-14(19)17(8-7-13-24-26(5,21)22)9-11-18(12-10-17)15(20)25-16(2,3)4;1-5-21-13(19)16(7-6-12-18)8-10-17(11-9-16)14(20)22-15(2,3)4/h6-13H2,1-5H3;18H,5-12H2,1-4H3. The summed E-state index contributed by atoms with van der Waals surface area (Å²) in [6.07, 6.45) is 4.26. The van der Waals surface area contributed by atoms with Gasteiger partial charge in [0.2, 0.25) is 0 Å². The molecule has 0 aliphatic carbocycles. The Hall–Kier alpha value is -2.65. The second-order valence-corrected chi connectivity index (χ2v) is 16.0. The molecule has 0 saturated carbocycles. The summed E-state index contributed by atoms with van der Waals surface area (Å²) in [6.45, 7) is 16.9. The van der Waals surface area contributed by atoms with E-state index in [4.69, 9.17) is 28.2 Å². The van der Waals surface area contributed by atoms with E-state index in [1.54, 1.807) is 44.4 Å². The Kier molecular flexibility index (Phi) is 17.1. The topological polar surface area (TPSA) is 175 Å². The zero-order chi connectivity index (χ0) is 36.8. The van der Waals surface area contributed by atoms with Crippen LogP contribution < -0.4 is 0 Å². The molecule has 0 bridgehead atoms. The minimum atomic E-state index is -3.50. The predicted molar refractivity (Wildman–Crippen MR) is 179 cm³/mol. The van der Waals surface area contributed by atoms with Gasteiger partial charge in [-0.25, -0.2) is 9.59 Å². The Morgan fingerprint density at radius 1 is 0.688 bits per heavy atom. The third kappa shape index (κ3) is 15.3. The monoisotopic (exact) mass is 708 g/mol. The molecular formula is C33H60N2O12S. The second kappa shape index (κ2) is 18.9. The third-order valence-electron chi connectivity index (χ3n) is 8.07. The lowest BCUT2D eigenvalue weighted by Gasteiger charge is -2.40. The fourth-order valence-corrected chi connectivity index (χ4v) is 6.03. The Labute approximate surface area is 287 Å². The molecule has 2 saturated heterocycles. The number of ether oxygens (including phenoxy) is 4. The lowest BCUT2D eigenvalue weighted by molar-refractivity contribution is -0.160. The van der Waals surface area contributed by atoms with Crippen molar-refractivity contribution in [1.82, 2.24) is 9.80 Å². The van der Waals surface area contributed by atoms with E-state index in [0.29, 0.717) is 84.2 Å². The minimum absolute atomic E-state index is 0.0236. The average Bonchev–Trinajstić information content (AvgIpc) is 2.97. The number of hydrogen-bond donors (Lipinski definition) is 1. The van der Waals surface area contributed by atoms with Crippen molar-refractivity contribution in [1.29, 1.82) is 0 Å². The molecule has 0 radical (unpaired) electrons. The highest BCUT2D eigenvalue weighted by molar-refractivity contribution is 7.85. The number of carbonyl (C=O) groups is 4. The summed E-state index contributed by atoms with van der Waals surface area (Å²) in [7, 11) is -3.50. The normalized spacial score (nSPS) is 17.8. The Bertz CT molecular complexity index is 1140. The van der Waals surface area contributed by atoms with E-state index in [1.807, 2.05) is 20.8 Å². The molecule has 2 fully saturated rings. The van der Waals surface area contributed by atoms with Crippen molar-refractivity contribution in [2.24, 2.45) is 10.8 Å². The van der Waals surface area contributed by atoms with Gasteiger partial charge in [-0.1, -0.05) is 0 Å². The first-order valence-electron chi connectivity index (χ1n) is 16.9. The Morgan fingerprint density at radius 2 is 1.04 bits per heavy atom. The number of amides is 2. The van der Waals surface area contributed by atoms with Crippen molar-refractivity contribution in [2.45, 2.75) is 118 Å². The van der Waals surface area contributed by atoms with Crippen molar-refractivity contribution in [3.63, 3.8) is 0 Å². The second-order valence-electron chi connectivity index (χ2n) is 14.4. The summed E-state index contributed by atoms with van der Waals surface area (Å²) in [5, 5.41) is 9.05. The highest BCUT2D eigenvalue weighted by Crippen LogP contribution is 2.39. The van der Waals surface area contributed by atoms with Gasteiger partial charge in [0.1, 0.15) is 11.2 Å². The highest BCUT2D eigenvalue weighted by Gasteiger charge is 2.45. The number of carbonyl (C=O) groups excluding carboxylic acids is 4. The van der Waals surface area contributed by atoms with Crippen LogP contribution >= 0.6 is 0 Å². The fraction of sp³-hybridized carbons (Fsp3) is 0.879. The number of likely N-dealkylation sites (tertiary alicyclic amines) is 2. The van der Waals surface area contributed by atoms with E-state index in [0.717, 1.165) is 6.26 Å². The van der Waals surface area contributed by atoms with Gasteiger partial charge >= 0.3 is 24.1 Å². The maximum atomic E-state index is 12.5. The summed E-state index contributed by atoms with van der Waals surface area (Å²) in [5.74, 6) is -0.518. The molecule has 2 amide bonds. The molecule has 0 atom stereocenters. The number of rotatable bonds is 12. The van der Waals surface area contributed by atoms with Gasteiger partial charge < -0.3 is 33.9 Å². The molecule has 280 valence electrons. The Morgan fingerprint density at radius 3 is 1.33 bits per heavy atom. The van der Waals surface area contributed by atoms with E-state index in [9.17, 15) is 27.6 Å². The summed E-state index contributed by atoms with van der Waals surface area (Å²) < 4.78 is 48.0. The summed E-state index contributed by atoms with van der Waals surface area (Å²) in [5.41, 5.74) is -2.41. The van der Waals surface area contributed by atoms with E-state index >= 15 is 0 Å². The molecule has 14 nitrogen and oxygen atoms in total. The summed E-state index contributed by atoms with van der Waals surface area (Å²) >= 11 is 0. The van der Waals surface area contributed by atoms with Crippen LogP contribution in [-0.2, 0) is 42.8 Å². The van der Waals surface area contributed by atoms with Crippen LogP contribution in [0.25, 0.3) is 0 Å². The summed E-state index contributed by atoms with van der Waals surface area (Å²) in [4.78, 5) is 52.3. The first kappa shape index (κ1) is 43.4. The maximum absolute atomic E-state index is 12.5. The van der Waals surface area contributed by atoms with Gasteiger partial charge in [-0.15, -0.1) is 0 Å². The number of esters is 2. The average molecular weight is 709 g/mol. The maximum Gasteiger partial charge on any atom is 0.410 e. The van der Waals surface area contributed by atoms with Crippen LogP contribution in [0.3, 0.4) is 0 Å². The largest absolute Gasteiger partial charge is 0.466 e. The van der Waals surface area contributed by atoms with Crippen LogP contribution in [0.5, 0.6) is 0 Å². The van der Waals surface area contributed by atoms with Crippen LogP contribution in [0.2, 0.25) is 0 Å². The van der Waals surface area contributed by atoms with Crippen LogP contribution in [0.1, 0.15) is 107 Å². The van der Waals surface area contributed by atoms with E-state index in [2.05, 4.69) is 0 Å². The Balaban J connectivity index is 0.000000487. The van der Waals surface area contributed by atoms with E-state index in [1.165, 1.54) is 0 Å². The lowest BCUT2D eigenvalue weighted by atomic mass is 9.75. The molecule has 2 heterocycles. The van der Waals surface area contributed by atoms with Crippen molar-refractivity contribution < 1.29 is 55.8 Å². The van der Waals surface area contributed by atoms with Crippen LogP contribution in [-0.4, -0.2) is 118 Å². The van der Waals surface area contributed by atoms with Gasteiger partial charge in [0.05, 0.1) is 36.9 Å². The van der Waals surface area contributed by atoms with Crippen LogP contribution in [0, 0.1) is 10.8 Å². The number of aliphatic hydroxyl groups excluding tert-OH is 1. The highest BCUT2D eigenvalue weighted by atomic mass is 32.2. The van der Waals surface area contributed by atoms with Crippen molar-refractivity contribution >= 4 is 34.2 Å². The quantitative estimate of drug-likeness (QED) is 0.129. The molecule has 2 aliphatic rings. The van der Waals surface area contributed by atoms with Gasteiger partial charge in [0, 0.05) is 32.8 Å². The molecule has 15 heteroatoms. The fourth-order valence-electron chi connectivity index (χ4n) is 5.61. The molecule has 1 N–H and O–H groups in total. The predicted octanol–water partition coefficient (Wildman–Crippen LogP) is 4.66. The number of aliphatic hydroxyl groups is 1. The van der Waals surface area contributed by atoms with Crippen molar-refractivity contribution in [3.05, 3.63) is 0 Å². The molecule has 0 aromatic rings. The molecule has 0 spiro atoms.